The van der Waals surface area contributed by atoms with Crippen LogP contribution in [-0.2, 0) is 4.79 Å². The Morgan fingerprint density at radius 2 is 2.25 bits per heavy atom. The van der Waals surface area contributed by atoms with Gasteiger partial charge in [-0.3, -0.25) is 4.79 Å². The van der Waals surface area contributed by atoms with Crippen molar-refractivity contribution in [3.8, 4) is 0 Å². The third-order valence-corrected chi connectivity index (χ3v) is 0.756. The molecule has 0 aliphatic rings. The Kier molecular flexibility index (Phi) is 10.0. The predicted octanol–water partition coefficient (Wildman–Crippen LogP) is 0.377. The molecule has 0 rings (SSSR count). The maximum atomic E-state index is 10.3. The van der Waals surface area contributed by atoms with Crippen LogP contribution in [0.3, 0.4) is 0 Å². The molecule has 0 saturated heterocycles. The van der Waals surface area contributed by atoms with Crippen molar-refractivity contribution >= 4 is 29.0 Å². The molecule has 0 fully saturated rings. The quantitative estimate of drug-likeness (QED) is 0.534. The number of carbonyl (C=O) groups is 1. The molecule has 0 radical (unpaired) electrons. The third-order valence-electron chi connectivity index (χ3n) is 0.756. The topological polar surface area (TPSA) is 29.1 Å². The monoisotopic (exact) mass is 127 g/mol. The number of nitrogens with one attached hydrogen (secondary N) is 1. The number of hydrogen-bond donors (Lipinski definition) is 1. The number of rotatable bonds is 2. The summed E-state index contributed by atoms with van der Waals surface area (Å²) in [6.07, 6.45) is 1.58. The normalized spacial score (nSPS) is 7.25. The van der Waals surface area contributed by atoms with Crippen LogP contribution in [0.5, 0.6) is 0 Å². The summed E-state index contributed by atoms with van der Waals surface area (Å²) >= 11 is 0. The van der Waals surface area contributed by atoms with Gasteiger partial charge in [0.05, 0.1) is 0 Å². The van der Waals surface area contributed by atoms with E-state index in [1.54, 1.807) is 7.05 Å². The second kappa shape index (κ2) is 7.24. The summed E-state index contributed by atoms with van der Waals surface area (Å²) in [5, 5.41) is 2.53. The summed E-state index contributed by atoms with van der Waals surface area (Å²) in [6.45, 7) is 1.98. The zero-order valence-electron chi connectivity index (χ0n) is 7.53. The van der Waals surface area contributed by atoms with E-state index in [9.17, 15) is 4.79 Å². The van der Waals surface area contributed by atoms with E-state index in [0.717, 1.165) is 6.42 Å². The molecule has 2 nitrogen and oxygen atoms in total. The number of hydrogen-bond acceptors (Lipinski definition) is 1. The van der Waals surface area contributed by atoms with E-state index in [-0.39, 0.29) is 31.8 Å². The van der Waals surface area contributed by atoms with Gasteiger partial charge < -0.3 is 8.17 Å². The molecule has 0 atom stereocenters. The van der Waals surface area contributed by atoms with Crippen molar-refractivity contribution in [2.45, 2.75) is 19.8 Å². The average Bonchev–Trinajstić information content (AvgIpc) is 1.68. The van der Waals surface area contributed by atoms with E-state index in [1.165, 1.54) is 0 Å². The first-order chi connectivity index (χ1) is 3.31. The summed E-state index contributed by atoms with van der Waals surface area (Å²) in [7, 11) is 1.65. The largest absolute Gasteiger partial charge is 2.00 e. The van der Waals surface area contributed by atoms with Gasteiger partial charge >= 0.3 is 23.1 Å². The maximum Gasteiger partial charge on any atom is 2.00 e. The van der Waals surface area contributed by atoms with Crippen molar-refractivity contribution in [2.24, 2.45) is 0 Å². The van der Waals surface area contributed by atoms with Gasteiger partial charge in [-0.05, 0) is 6.42 Å². The Labute approximate surface area is 69.1 Å². The van der Waals surface area contributed by atoms with Crippen LogP contribution < -0.4 is 5.32 Å². The minimum absolute atomic E-state index is 0. The van der Waals surface area contributed by atoms with Crippen LogP contribution >= 0.6 is 0 Å². The Morgan fingerprint density at radius 1 is 1.75 bits per heavy atom. The molecule has 0 heterocycles. The van der Waals surface area contributed by atoms with Crippen LogP contribution in [0.15, 0.2) is 0 Å². The van der Waals surface area contributed by atoms with Gasteiger partial charge in [0, 0.05) is 13.5 Å². The minimum Gasteiger partial charge on any atom is -1.00 e. The number of carbonyl (C=O) groups excluding carboxylic acids is 1. The van der Waals surface area contributed by atoms with Crippen LogP contribution in [-0.4, -0.2) is 36.0 Å². The second-order valence-electron chi connectivity index (χ2n) is 1.42. The zero-order chi connectivity index (χ0) is 5.70. The van der Waals surface area contributed by atoms with Gasteiger partial charge in [-0.2, -0.15) is 0 Å². The SMILES string of the molecule is CCCC(=O)NC.[H-].[H-].[Mg+2]. The molecule has 0 bridgehead atoms. The molecule has 1 N–H and O–H groups in total. The average molecular weight is 127 g/mol. The van der Waals surface area contributed by atoms with Crippen LogP contribution in [0.25, 0.3) is 0 Å². The van der Waals surface area contributed by atoms with Gasteiger partial charge in [0.15, 0.2) is 0 Å². The molecular weight excluding hydrogens is 114 g/mol. The summed E-state index contributed by atoms with van der Waals surface area (Å²) < 4.78 is 0. The first-order valence-corrected chi connectivity index (χ1v) is 2.51. The van der Waals surface area contributed by atoms with Crippen molar-refractivity contribution in [1.82, 2.24) is 5.32 Å². The van der Waals surface area contributed by atoms with Crippen molar-refractivity contribution in [2.75, 3.05) is 7.05 Å². The van der Waals surface area contributed by atoms with E-state index in [2.05, 4.69) is 5.32 Å². The van der Waals surface area contributed by atoms with Gasteiger partial charge in [-0.15, -0.1) is 0 Å². The summed E-state index contributed by atoms with van der Waals surface area (Å²) in [4.78, 5) is 10.3. The Bertz CT molecular complexity index is 72.7. The van der Waals surface area contributed by atoms with Crippen molar-refractivity contribution in [3.05, 3.63) is 0 Å². The maximum absolute atomic E-state index is 10.3. The molecule has 3 heteroatoms. The van der Waals surface area contributed by atoms with Crippen LogP contribution in [0.2, 0.25) is 0 Å². The molecule has 0 aliphatic carbocycles. The van der Waals surface area contributed by atoms with Gasteiger partial charge in [0.2, 0.25) is 5.91 Å². The molecule has 0 unspecified atom stereocenters. The van der Waals surface area contributed by atoms with Crippen LogP contribution in [0.4, 0.5) is 0 Å². The molecule has 8 heavy (non-hydrogen) atoms. The molecule has 0 aromatic rings. The minimum atomic E-state index is 0. The summed E-state index contributed by atoms with van der Waals surface area (Å²) in [6, 6.07) is 0. The molecule has 0 saturated carbocycles. The Balaban J connectivity index is -0.0000000600. The smallest absolute Gasteiger partial charge is 1.00 e. The van der Waals surface area contributed by atoms with Gasteiger partial charge in [0.25, 0.3) is 0 Å². The summed E-state index contributed by atoms with van der Waals surface area (Å²) in [5.41, 5.74) is 0. The van der Waals surface area contributed by atoms with Crippen molar-refractivity contribution < 1.29 is 7.65 Å². The summed E-state index contributed by atoms with van der Waals surface area (Å²) in [5.74, 6) is 0.127. The molecule has 1 amide bonds. The fourth-order valence-corrected chi connectivity index (χ4v) is 0.352. The Morgan fingerprint density at radius 3 is 2.38 bits per heavy atom. The van der Waals surface area contributed by atoms with Crippen LogP contribution in [0, 0.1) is 0 Å². The van der Waals surface area contributed by atoms with E-state index in [1.807, 2.05) is 6.92 Å². The third kappa shape index (κ3) is 6.24. The van der Waals surface area contributed by atoms with E-state index < -0.39 is 0 Å². The Hall–Kier alpha value is 0.236. The molecule has 0 aromatic carbocycles. The molecule has 0 spiro atoms. The van der Waals surface area contributed by atoms with Crippen molar-refractivity contribution in [1.29, 1.82) is 0 Å². The van der Waals surface area contributed by atoms with E-state index in [0.29, 0.717) is 6.42 Å². The molecule has 46 valence electrons. The predicted molar refractivity (Wildman–Crippen MR) is 37.0 cm³/mol. The molecule has 0 aliphatic heterocycles. The van der Waals surface area contributed by atoms with Gasteiger partial charge in [-0.25, -0.2) is 0 Å². The fraction of sp³-hybridized carbons (Fsp3) is 0.800. The number of amides is 1. The molecular formula is C5H13MgNO. The van der Waals surface area contributed by atoms with E-state index >= 15 is 0 Å². The van der Waals surface area contributed by atoms with Crippen LogP contribution in [0.1, 0.15) is 22.6 Å². The van der Waals surface area contributed by atoms with E-state index in [4.69, 9.17) is 0 Å². The van der Waals surface area contributed by atoms with Gasteiger partial charge in [0.1, 0.15) is 0 Å². The van der Waals surface area contributed by atoms with Crippen molar-refractivity contribution in [3.63, 3.8) is 0 Å². The first-order valence-electron chi connectivity index (χ1n) is 2.51. The van der Waals surface area contributed by atoms with Gasteiger partial charge in [-0.1, -0.05) is 6.92 Å². The molecule has 0 aromatic heterocycles. The standard InChI is InChI=1S/C5H11NO.Mg.2H/c1-3-4-5(7)6-2;;;/h3-4H2,1-2H3,(H,6,7);;;/q;+2;2*-1. The second-order valence-corrected chi connectivity index (χ2v) is 1.42. The first kappa shape index (κ1) is 11.1. The zero-order valence-corrected chi connectivity index (χ0v) is 6.94. The fourth-order valence-electron chi connectivity index (χ4n) is 0.352.